The first-order valence-corrected chi connectivity index (χ1v) is 7.01. The van der Waals surface area contributed by atoms with Gasteiger partial charge in [-0.1, -0.05) is 0 Å². The molecule has 0 saturated carbocycles. The Morgan fingerprint density at radius 3 is 2.62 bits per heavy atom. The molecule has 0 aromatic carbocycles. The lowest BCUT2D eigenvalue weighted by Crippen LogP contribution is -2.33. The number of anilines is 1. The van der Waals surface area contributed by atoms with E-state index in [1.165, 1.54) is 29.9 Å². The van der Waals surface area contributed by atoms with Crippen molar-refractivity contribution in [1.82, 2.24) is 24.5 Å². The van der Waals surface area contributed by atoms with E-state index in [0.717, 1.165) is 0 Å². The SMILES string of the molecule is Nc1ncnc2c1ncn2[C@@H]1O[C@H](CO)[C@@H](O)[C@H]1O.c1cocn1. The van der Waals surface area contributed by atoms with Crippen molar-refractivity contribution in [2.75, 3.05) is 12.3 Å². The molecule has 128 valence electrons. The molecule has 24 heavy (non-hydrogen) atoms. The van der Waals surface area contributed by atoms with E-state index in [9.17, 15) is 10.2 Å². The number of hydrogen-bond acceptors (Lipinski definition) is 10. The van der Waals surface area contributed by atoms with Crippen LogP contribution in [0.15, 0.2) is 35.9 Å². The Bertz CT molecular complexity index is 761. The van der Waals surface area contributed by atoms with Gasteiger partial charge in [0.25, 0.3) is 0 Å². The minimum absolute atomic E-state index is 0.218. The largest absolute Gasteiger partial charge is 0.452 e. The van der Waals surface area contributed by atoms with Crippen LogP contribution in [0.5, 0.6) is 0 Å². The molecule has 1 aliphatic rings. The molecule has 0 radical (unpaired) electrons. The van der Waals surface area contributed by atoms with E-state index in [2.05, 4.69) is 24.4 Å². The molecule has 4 atom stereocenters. The lowest BCUT2D eigenvalue weighted by atomic mass is 10.1. The van der Waals surface area contributed by atoms with Crippen molar-refractivity contribution in [1.29, 1.82) is 0 Å². The summed E-state index contributed by atoms with van der Waals surface area (Å²) in [5.41, 5.74) is 6.44. The van der Waals surface area contributed by atoms with E-state index in [0.29, 0.717) is 11.2 Å². The van der Waals surface area contributed by atoms with Crippen LogP contribution in [0.4, 0.5) is 5.82 Å². The zero-order valence-electron chi connectivity index (χ0n) is 12.4. The Balaban J connectivity index is 0.000000290. The van der Waals surface area contributed by atoms with Gasteiger partial charge in [-0.3, -0.25) is 4.57 Å². The van der Waals surface area contributed by atoms with Crippen LogP contribution in [0.3, 0.4) is 0 Å². The molecule has 4 rings (SSSR count). The second-order valence-electron chi connectivity index (χ2n) is 4.99. The van der Waals surface area contributed by atoms with Crippen LogP contribution in [-0.2, 0) is 4.74 Å². The van der Waals surface area contributed by atoms with E-state index >= 15 is 0 Å². The monoisotopic (exact) mass is 336 g/mol. The third-order valence-corrected chi connectivity index (χ3v) is 3.53. The van der Waals surface area contributed by atoms with Crippen molar-refractivity contribution in [3.8, 4) is 0 Å². The summed E-state index contributed by atoms with van der Waals surface area (Å²) in [6.07, 6.45) is 3.05. The number of ether oxygens (including phenoxy) is 1. The summed E-state index contributed by atoms with van der Waals surface area (Å²) in [4.78, 5) is 15.4. The molecule has 1 saturated heterocycles. The first-order valence-electron chi connectivity index (χ1n) is 7.01. The zero-order chi connectivity index (χ0) is 17.1. The molecular weight excluding hydrogens is 320 g/mol. The number of aliphatic hydroxyl groups excluding tert-OH is 3. The van der Waals surface area contributed by atoms with Gasteiger partial charge in [-0.15, -0.1) is 0 Å². The average Bonchev–Trinajstić information content (AvgIpc) is 3.32. The minimum Gasteiger partial charge on any atom is -0.452 e. The van der Waals surface area contributed by atoms with Crippen molar-refractivity contribution >= 4 is 17.0 Å². The van der Waals surface area contributed by atoms with Crippen LogP contribution in [0, 0.1) is 0 Å². The number of rotatable bonds is 2. The molecule has 3 aromatic rings. The summed E-state index contributed by atoms with van der Waals surface area (Å²) in [6.45, 7) is -0.390. The highest BCUT2D eigenvalue weighted by Gasteiger charge is 2.43. The summed E-state index contributed by atoms with van der Waals surface area (Å²) < 4.78 is 11.3. The number of nitrogens with two attached hydrogens (primary N) is 1. The number of oxazole rings is 1. The molecule has 5 N–H and O–H groups in total. The van der Waals surface area contributed by atoms with Gasteiger partial charge < -0.3 is 30.2 Å². The molecule has 4 heterocycles. The van der Waals surface area contributed by atoms with Gasteiger partial charge in [-0.05, 0) is 0 Å². The summed E-state index contributed by atoms with van der Waals surface area (Å²) in [7, 11) is 0. The molecule has 0 aliphatic carbocycles. The Labute approximate surface area is 135 Å². The highest BCUT2D eigenvalue weighted by Crippen LogP contribution is 2.31. The van der Waals surface area contributed by atoms with Gasteiger partial charge >= 0.3 is 0 Å². The number of nitrogen functional groups attached to an aromatic ring is 1. The zero-order valence-corrected chi connectivity index (χ0v) is 12.4. The molecule has 0 unspecified atom stereocenters. The molecule has 0 amide bonds. The number of fused-ring (bicyclic) bond motifs is 1. The van der Waals surface area contributed by atoms with E-state index in [4.69, 9.17) is 15.6 Å². The number of hydrogen-bond donors (Lipinski definition) is 4. The van der Waals surface area contributed by atoms with Gasteiger partial charge in [0.05, 0.1) is 19.1 Å². The fraction of sp³-hybridized carbons (Fsp3) is 0.385. The number of nitrogens with zero attached hydrogens (tertiary/aromatic N) is 5. The second kappa shape index (κ2) is 6.88. The topological polar surface area (TPSA) is 166 Å². The lowest BCUT2D eigenvalue weighted by Gasteiger charge is -2.16. The van der Waals surface area contributed by atoms with Gasteiger partial charge in [0.15, 0.2) is 24.1 Å². The minimum atomic E-state index is -1.19. The van der Waals surface area contributed by atoms with Crippen LogP contribution >= 0.6 is 0 Å². The smallest absolute Gasteiger partial charge is 0.180 e. The van der Waals surface area contributed by atoms with Crippen LogP contribution < -0.4 is 5.73 Å². The highest BCUT2D eigenvalue weighted by molar-refractivity contribution is 5.81. The molecule has 1 aliphatic heterocycles. The average molecular weight is 336 g/mol. The van der Waals surface area contributed by atoms with Crippen molar-refractivity contribution in [3.63, 3.8) is 0 Å². The number of imidazole rings is 1. The van der Waals surface area contributed by atoms with Crippen LogP contribution in [0.2, 0.25) is 0 Å². The Morgan fingerprint density at radius 1 is 1.21 bits per heavy atom. The summed E-state index contributed by atoms with van der Waals surface area (Å²) >= 11 is 0. The van der Waals surface area contributed by atoms with E-state index in [1.54, 1.807) is 6.20 Å². The Kier molecular flexibility index (Phi) is 4.66. The second-order valence-corrected chi connectivity index (χ2v) is 4.99. The first-order chi connectivity index (χ1) is 11.6. The molecule has 0 spiro atoms. The van der Waals surface area contributed by atoms with Crippen molar-refractivity contribution in [2.45, 2.75) is 24.5 Å². The summed E-state index contributed by atoms with van der Waals surface area (Å²) in [5, 5.41) is 28.7. The predicted molar refractivity (Wildman–Crippen MR) is 79.2 cm³/mol. The van der Waals surface area contributed by atoms with Crippen LogP contribution in [-0.4, -0.2) is 64.7 Å². The Morgan fingerprint density at radius 2 is 2.04 bits per heavy atom. The molecule has 0 bridgehead atoms. The third-order valence-electron chi connectivity index (χ3n) is 3.53. The normalized spacial score (nSPS) is 26.3. The summed E-state index contributed by atoms with van der Waals surface area (Å²) in [6, 6.07) is 0. The Hall–Kier alpha value is -2.60. The van der Waals surface area contributed by atoms with E-state index < -0.39 is 31.1 Å². The maximum absolute atomic E-state index is 9.95. The highest BCUT2D eigenvalue weighted by atomic mass is 16.6. The third kappa shape index (κ3) is 2.92. The lowest BCUT2D eigenvalue weighted by molar-refractivity contribution is -0.0511. The predicted octanol–water partition coefficient (Wildman–Crippen LogP) is -1.31. The van der Waals surface area contributed by atoms with Gasteiger partial charge in [0.1, 0.15) is 36.4 Å². The molecule has 3 aromatic heterocycles. The first kappa shape index (κ1) is 16.3. The van der Waals surface area contributed by atoms with Crippen molar-refractivity contribution < 1.29 is 24.5 Å². The van der Waals surface area contributed by atoms with Gasteiger partial charge in [-0.2, -0.15) is 0 Å². The fourth-order valence-electron chi connectivity index (χ4n) is 2.34. The maximum atomic E-state index is 9.95. The van der Waals surface area contributed by atoms with Crippen molar-refractivity contribution in [3.05, 3.63) is 31.5 Å². The quantitative estimate of drug-likeness (QED) is 0.441. The molecule has 1 fully saturated rings. The van der Waals surface area contributed by atoms with E-state index in [-0.39, 0.29) is 5.82 Å². The fourth-order valence-corrected chi connectivity index (χ4v) is 2.34. The van der Waals surface area contributed by atoms with E-state index in [1.807, 2.05) is 0 Å². The van der Waals surface area contributed by atoms with Gasteiger partial charge in [-0.25, -0.2) is 19.9 Å². The standard InChI is InChI=1S/C10H13N5O4.C3H3NO/c11-8-5-9(13-2-12-8)15(3-14-5)10-7(18)6(17)4(1-16)19-10;1-2-5-3-4-1/h2-4,6-7,10,16-18H,1H2,(H2,11,12,13);1-3H/t4-,6-,7-,10-;/m1./s1. The van der Waals surface area contributed by atoms with Crippen LogP contribution in [0.1, 0.15) is 6.23 Å². The maximum Gasteiger partial charge on any atom is 0.180 e. The van der Waals surface area contributed by atoms with Gasteiger partial charge in [0.2, 0.25) is 0 Å². The molecule has 11 nitrogen and oxygen atoms in total. The molecule has 11 heteroatoms. The molecular formula is C13H16N6O5. The van der Waals surface area contributed by atoms with Crippen molar-refractivity contribution in [2.24, 2.45) is 0 Å². The van der Waals surface area contributed by atoms with Gasteiger partial charge in [0, 0.05) is 0 Å². The number of aromatic nitrogens is 5. The van der Waals surface area contributed by atoms with Crippen LogP contribution in [0.25, 0.3) is 11.2 Å². The summed E-state index contributed by atoms with van der Waals surface area (Å²) in [5.74, 6) is 0.218. The number of aliphatic hydroxyl groups is 3.